The summed E-state index contributed by atoms with van der Waals surface area (Å²) in [7, 11) is 0. The topological polar surface area (TPSA) is 85.9 Å². The van der Waals surface area contributed by atoms with Crippen LogP contribution >= 0.6 is 0 Å². The lowest BCUT2D eigenvalue weighted by atomic mass is 10.1. The van der Waals surface area contributed by atoms with Gasteiger partial charge >= 0.3 is 0 Å². The predicted molar refractivity (Wildman–Crippen MR) is 75.4 cm³/mol. The van der Waals surface area contributed by atoms with Gasteiger partial charge in [-0.05, 0) is 24.6 Å². The second-order valence-corrected chi connectivity index (χ2v) is 4.54. The minimum Gasteiger partial charge on any atom is -0.494 e. The second-order valence-electron chi connectivity index (χ2n) is 4.54. The van der Waals surface area contributed by atoms with E-state index in [1.807, 2.05) is 31.2 Å². The predicted octanol–water partition coefficient (Wildman–Crippen LogP) is 0.805. The molecule has 1 amide bonds. The summed E-state index contributed by atoms with van der Waals surface area (Å²) < 4.78 is 5.38. The van der Waals surface area contributed by atoms with Crippen molar-refractivity contribution in [3.63, 3.8) is 0 Å². The van der Waals surface area contributed by atoms with E-state index < -0.39 is 5.91 Å². The van der Waals surface area contributed by atoms with Gasteiger partial charge in [0.1, 0.15) is 17.6 Å². The number of nitrogens with zero attached hydrogens (tertiary/aromatic N) is 1. The number of carbonyl (C=O) groups excluding carboxylic acids is 1. The van der Waals surface area contributed by atoms with Crippen LogP contribution in [0.15, 0.2) is 29.4 Å². The molecule has 3 N–H and O–H groups in total. The molecular formula is C14H19N3O3. The Bertz CT molecular complexity index is 485. The van der Waals surface area contributed by atoms with Crippen molar-refractivity contribution in [3.05, 3.63) is 29.8 Å². The number of oxime groups is 1. The van der Waals surface area contributed by atoms with Crippen LogP contribution in [0.1, 0.15) is 18.9 Å². The molecular weight excluding hydrogens is 258 g/mol. The fourth-order valence-electron chi connectivity index (χ4n) is 1.93. The van der Waals surface area contributed by atoms with Crippen molar-refractivity contribution in [3.8, 4) is 5.75 Å². The lowest BCUT2D eigenvalue weighted by Gasteiger charge is -2.10. The number of benzene rings is 1. The Morgan fingerprint density at radius 1 is 1.50 bits per heavy atom. The summed E-state index contributed by atoms with van der Waals surface area (Å²) in [5.41, 5.74) is 6.60. The van der Waals surface area contributed by atoms with Crippen LogP contribution in [0.3, 0.4) is 0 Å². The van der Waals surface area contributed by atoms with E-state index in [-0.39, 0.29) is 6.10 Å². The highest BCUT2D eigenvalue weighted by Crippen LogP contribution is 2.12. The molecule has 0 radical (unpaired) electrons. The van der Waals surface area contributed by atoms with Gasteiger partial charge in [0, 0.05) is 19.5 Å². The molecule has 108 valence electrons. The Balaban J connectivity index is 1.70. The van der Waals surface area contributed by atoms with E-state index in [4.69, 9.17) is 15.3 Å². The average Bonchev–Trinajstić information content (AvgIpc) is 2.90. The highest BCUT2D eigenvalue weighted by atomic mass is 16.6. The molecule has 0 saturated carbocycles. The SMILES string of the molecule is CCOc1ccc(CNCC2CC(C(N)=O)=NO2)cc1. The zero-order valence-electron chi connectivity index (χ0n) is 11.5. The van der Waals surface area contributed by atoms with Crippen LogP contribution < -0.4 is 15.8 Å². The lowest BCUT2D eigenvalue weighted by molar-refractivity contribution is -0.112. The molecule has 1 unspecified atom stereocenters. The van der Waals surface area contributed by atoms with Crippen molar-refractivity contribution < 1.29 is 14.4 Å². The first-order valence-corrected chi connectivity index (χ1v) is 6.64. The molecule has 1 aliphatic rings. The van der Waals surface area contributed by atoms with E-state index in [0.29, 0.717) is 25.3 Å². The smallest absolute Gasteiger partial charge is 0.266 e. The number of hydrogen-bond donors (Lipinski definition) is 2. The molecule has 6 heteroatoms. The normalized spacial score (nSPS) is 17.4. The number of primary amides is 1. The lowest BCUT2D eigenvalue weighted by Crippen LogP contribution is -2.29. The molecule has 1 aromatic carbocycles. The third kappa shape index (κ3) is 3.96. The van der Waals surface area contributed by atoms with Crippen molar-refractivity contribution in [1.29, 1.82) is 0 Å². The van der Waals surface area contributed by atoms with Gasteiger partial charge in [-0.1, -0.05) is 17.3 Å². The molecule has 1 aromatic rings. The molecule has 1 aliphatic heterocycles. The summed E-state index contributed by atoms with van der Waals surface area (Å²) in [5.74, 6) is 0.355. The Kier molecular flexibility index (Phi) is 4.95. The molecule has 1 atom stereocenters. The Morgan fingerprint density at radius 3 is 2.85 bits per heavy atom. The molecule has 0 fully saturated rings. The molecule has 1 heterocycles. The van der Waals surface area contributed by atoms with Gasteiger partial charge in [-0.15, -0.1) is 0 Å². The summed E-state index contributed by atoms with van der Waals surface area (Å²) in [4.78, 5) is 16.0. The van der Waals surface area contributed by atoms with Gasteiger partial charge < -0.3 is 20.6 Å². The van der Waals surface area contributed by atoms with Crippen molar-refractivity contribution in [2.24, 2.45) is 10.9 Å². The molecule has 0 saturated heterocycles. The highest BCUT2D eigenvalue weighted by Gasteiger charge is 2.23. The van der Waals surface area contributed by atoms with Crippen LogP contribution in [0.5, 0.6) is 5.75 Å². The van der Waals surface area contributed by atoms with E-state index in [1.54, 1.807) is 0 Å². The van der Waals surface area contributed by atoms with E-state index in [9.17, 15) is 4.79 Å². The van der Waals surface area contributed by atoms with Crippen molar-refractivity contribution in [2.75, 3.05) is 13.2 Å². The van der Waals surface area contributed by atoms with Crippen LogP contribution in [0.25, 0.3) is 0 Å². The van der Waals surface area contributed by atoms with Gasteiger partial charge in [0.2, 0.25) is 0 Å². The van der Waals surface area contributed by atoms with Crippen LogP contribution in [0, 0.1) is 0 Å². The summed E-state index contributed by atoms with van der Waals surface area (Å²) in [6.45, 7) is 3.96. The maximum absolute atomic E-state index is 10.9. The van der Waals surface area contributed by atoms with Gasteiger partial charge in [0.15, 0.2) is 0 Å². The number of carbonyl (C=O) groups is 1. The first-order valence-electron chi connectivity index (χ1n) is 6.64. The average molecular weight is 277 g/mol. The van der Waals surface area contributed by atoms with Crippen LogP contribution in [-0.4, -0.2) is 30.9 Å². The number of nitrogens with one attached hydrogen (secondary N) is 1. The van der Waals surface area contributed by atoms with E-state index in [2.05, 4.69) is 10.5 Å². The Labute approximate surface area is 117 Å². The molecule has 6 nitrogen and oxygen atoms in total. The number of nitrogens with two attached hydrogens (primary N) is 1. The third-order valence-corrected chi connectivity index (χ3v) is 2.95. The zero-order valence-corrected chi connectivity index (χ0v) is 11.5. The Hall–Kier alpha value is -2.08. The second kappa shape index (κ2) is 6.91. The molecule has 0 spiro atoms. The molecule has 0 aromatic heterocycles. The highest BCUT2D eigenvalue weighted by molar-refractivity contribution is 6.38. The Morgan fingerprint density at radius 2 is 2.25 bits per heavy atom. The number of amides is 1. The maximum atomic E-state index is 10.9. The molecule has 0 bridgehead atoms. The van der Waals surface area contributed by atoms with Crippen LogP contribution in [0.4, 0.5) is 0 Å². The molecule has 0 aliphatic carbocycles. The minimum absolute atomic E-state index is 0.125. The summed E-state index contributed by atoms with van der Waals surface area (Å²) >= 11 is 0. The van der Waals surface area contributed by atoms with Crippen LogP contribution in [-0.2, 0) is 16.2 Å². The van der Waals surface area contributed by atoms with E-state index >= 15 is 0 Å². The van der Waals surface area contributed by atoms with Gasteiger partial charge in [-0.2, -0.15) is 0 Å². The molecule has 20 heavy (non-hydrogen) atoms. The first kappa shape index (κ1) is 14.3. The van der Waals surface area contributed by atoms with E-state index in [1.165, 1.54) is 0 Å². The third-order valence-electron chi connectivity index (χ3n) is 2.95. The number of ether oxygens (including phenoxy) is 1. The minimum atomic E-state index is -0.515. The van der Waals surface area contributed by atoms with Gasteiger partial charge in [-0.25, -0.2) is 0 Å². The van der Waals surface area contributed by atoms with Crippen molar-refractivity contribution >= 4 is 11.6 Å². The zero-order chi connectivity index (χ0) is 14.4. The van der Waals surface area contributed by atoms with Crippen LogP contribution in [0.2, 0.25) is 0 Å². The van der Waals surface area contributed by atoms with Gasteiger partial charge in [-0.3, -0.25) is 4.79 Å². The monoisotopic (exact) mass is 277 g/mol. The quantitative estimate of drug-likeness (QED) is 0.772. The standard InChI is InChI=1S/C14H19N3O3/c1-2-19-11-5-3-10(4-6-11)8-16-9-12-7-13(14(15)18)17-20-12/h3-6,12,16H,2,7-9H2,1H3,(H2,15,18). The van der Waals surface area contributed by atoms with Crippen molar-refractivity contribution in [1.82, 2.24) is 5.32 Å². The van der Waals surface area contributed by atoms with Crippen molar-refractivity contribution in [2.45, 2.75) is 26.0 Å². The fourth-order valence-corrected chi connectivity index (χ4v) is 1.93. The largest absolute Gasteiger partial charge is 0.494 e. The molecule has 2 rings (SSSR count). The van der Waals surface area contributed by atoms with E-state index in [0.717, 1.165) is 17.9 Å². The first-order chi connectivity index (χ1) is 9.69. The summed E-state index contributed by atoms with van der Waals surface area (Å²) in [6, 6.07) is 7.92. The van der Waals surface area contributed by atoms with Gasteiger partial charge in [0.25, 0.3) is 5.91 Å². The summed E-state index contributed by atoms with van der Waals surface area (Å²) in [6.07, 6.45) is 0.339. The van der Waals surface area contributed by atoms with Gasteiger partial charge in [0.05, 0.1) is 6.61 Å². The fraction of sp³-hybridized carbons (Fsp3) is 0.429. The number of rotatable bonds is 7. The summed E-state index contributed by atoms with van der Waals surface area (Å²) in [5, 5.41) is 6.92. The number of hydrogen-bond acceptors (Lipinski definition) is 5. The maximum Gasteiger partial charge on any atom is 0.266 e.